The van der Waals surface area contributed by atoms with E-state index in [0.29, 0.717) is 18.4 Å². The molecule has 7 nitrogen and oxygen atoms in total. The predicted octanol–water partition coefficient (Wildman–Crippen LogP) is 9.58. The van der Waals surface area contributed by atoms with E-state index in [-0.39, 0.29) is 19.8 Å². The molecule has 0 saturated carbocycles. The summed E-state index contributed by atoms with van der Waals surface area (Å²) in [7, 11) is 1.22. The van der Waals surface area contributed by atoms with Gasteiger partial charge in [-0.25, -0.2) is 9.36 Å². The lowest BCUT2D eigenvalue weighted by molar-refractivity contribution is -0.0283. The van der Waals surface area contributed by atoms with Crippen LogP contribution in [0.25, 0.3) is 0 Å². The Hall–Kier alpha value is 0.150. The first-order chi connectivity index (χ1) is 17.4. The zero-order chi connectivity index (χ0) is 26.7. The van der Waals surface area contributed by atoms with Crippen LogP contribution in [-0.4, -0.2) is 51.1 Å². The first-order valence-corrected chi connectivity index (χ1v) is 17.5. The molecule has 0 rings (SSSR count). The Kier molecular flexibility index (Phi) is 26.9. The summed E-state index contributed by atoms with van der Waals surface area (Å²) < 4.78 is 37.5. The van der Waals surface area contributed by atoms with Gasteiger partial charge in [-0.15, -0.1) is 0 Å². The highest BCUT2D eigenvalue weighted by atomic mass is 79.9. The van der Waals surface area contributed by atoms with Crippen molar-refractivity contribution in [3.8, 4) is 0 Å². The molecule has 0 aromatic heterocycles. The van der Waals surface area contributed by atoms with E-state index in [0.717, 1.165) is 12.8 Å². The summed E-state index contributed by atoms with van der Waals surface area (Å²) in [6.45, 7) is -0.823. The van der Waals surface area contributed by atoms with Crippen molar-refractivity contribution in [2.45, 2.75) is 122 Å². The van der Waals surface area contributed by atoms with Gasteiger partial charge in [-0.3, -0.25) is 9.05 Å². The molecular formula is C26H51BrClO7P. The lowest BCUT2D eigenvalue weighted by Crippen LogP contribution is -2.28. The van der Waals surface area contributed by atoms with Gasteiger partial charge in [0, 0.05) is 23.2 Å². The van der Waals surface area contributed by atoms with Crippen molar-refractivity contribution in [2.24, 2.45) is 0 Å². The zero-order valence-corrected chi connectivity index (χ0v) is 25.9. The standard InChI is InChI=1S/C26H51BrClO7P/c1-3-4-5-6-7-8-9-10-11-12-13-14-15-16-17-18-21-32-23-25(35-26(29)31-2)24-34-36(28,30)33-22-19-20-27/h25H,3-24H2,1-2H3. The third kappa shape index (κ3) is 25.8. The lowest BCUT2D eigenvalue weighted by atomic mass is 10.0. The Bertz CT molecular complexity index is 542. The smallest absolute Gasteiger partial charge is 0.438 e. The van der Waals surface area contributed by atoms with Crippen LogP contribution in [0.4, 0.5) is 4.79 Å². The van der Waals surface area contributed by atoms with Crippen LogP contribution in [-0.2, 0) is 27.8 Å². The van der Waals surface area contributed by atoms with Crippen molar-refractivity contribution in [2.75, 3.05) is 38.9 Å². The number of hydrogen-bond donors (Lipinski definition) is 0. The number of carbonyl (C=O) groups excluding carboxylic acids is 1. The van der Waals surface area contributed by atoms with Crippen LogP contribution in [0.3, 0.4) is 0 Å². The Labute approximate surface area is 233 Å². The van der Waals surface area contributed by atoms with Crippen LogP contribution in [0.15, 0.2) is 0 Å². The Morgan fingerprint density at radius 1 is 0.750 bits per heavy atom. The van der Waals surface area contributed by atoms with Gasteiger partial charge in [0.25, 0.3) is 0 Å². The van der Waals surface area contributed by atoms with Crippen molar-refractivity contribution in [1.29, 1.82) is 0 Å². The maximum absolute atomic E-state index is 12.1. The van der Waals surface area contributed by atoms with Crippen LogP contribution in [0.2, 0.25) is 0 Å². The molecule has 216 valence electrons. The van der Waals surface area contributed by atoms with Crippen LogP contribution in [0.5, 0.6) is 0 Å². The predicted molar refractivity (Wildman–Crippen MR) is 151 cm³/mol. The van der Waals surface area contributed by atoms with Gasteiger partial charge in [0.2, 0.25) is 0 Å². The highest BCUT2D eigenvalue weighted by molar-refractivity contribution is 9.09. The third-order valence-corrected chi connectivity index (χ3v) is 7.91. The van der Waals surface area contributed by atoms with E-state index in [4.69, 9.17) is 29.8 Å². The molecule has 36 heavy (non-hydrogen) atoms. The van der Waals surface area contributed by atoms with Gasteiger partial charge in [0.05, 0.1) is 26.9 Å². The van der Waals surface area contributed by atoms with Crippen molar-refractivity contribution in [1.82, 2.24) is 0 Å². The maximum atomic E-state index is 12.1. The molecule has 0 saturated heterocycles. The fourth-order valence-electron chi connectivity index (χ4n) is 3.70. The molecule has 0 aliphatic rings. The van der Waals surface area contributed by atoms with E-state index in [2.05, 4.69) is 27.6 Å². The molecule has 0 heterocycles. The average Bonchev–Trinajstić information content (AvgIpc) is 2.86. The van der Waals surface area contributed by atoms with Gasteiger partial charge < -0.3 is 14.2 Å². The van der Waals surface area contributed by atoms with Crippen LogP contribution in [0, 0.1) is 0 Å². The monoisotopic (exact) mass is 620 g/mol. The number of rotatable bonds is 27. The SMILES string of the molecule is CCCCCCCCCCCCCCCCCCOCC(COP(=O)(Cl)OCCCBr)OC(=O)OC. The number of alkyl halides is 1. The third-order valence-electron chi connectivity index (χ3n) is 5.81. The van der Waals surface area contributed by atoms with Gasteiger partial charge in [0.15, 0.2) is 6.10 Å². The van der Waals surface area contributed by atoms with Crippen LogP contribution in [0.1, 0.15) is 116 Å². The van der Waals surface area contributed by atoms with Gasteiger partial charge in [0.1, 0.15) is 0 Å². The van der Waals surface area contributed by atoms with Gasteiger partial charge in [-0.05, 0) is 12.8 Å². The van der Waals surface area contributed by atoms with E-state index in [1.807, 2.05) is 0 Å². The Morgan fingerprint density at radius 3 is 1.72 bits per heavy atom. The van der Waals surface area contributed by atoms with E-state index in [1.165, 1.54) is 97.0 Å². The summed E-state index contributed by atoms with van der Waals surface area (Å²) in [5, 5.41) is 0.700. The molecule has 0 amide bonds. The molecule has 2 unspecified atom stereocenters. The molecular weight excluding hydrogens is 571 g/mol. The molecule has 0 radical (unpaired) electrons. The molecule has 0 aliphatic carbocycles. The number of halogens is 2. The average molecular weight is 622 g/mol. The first kappa shape index (κ1) is 36.1. The van der Waals surface area contributed by atoms with E-state index in [1.54, 1.807) is 0 Å². The molecule has 0 aromatic carbocycles. The summed E-state index contributed by atoms with van der Waals surface area (Å²) in [6, 6.07) is 0. The quantitative estimate of drug-likeness (QED) is 0.0391. The number of unbranched alkanes of at least 4 members (excludes halogenated alkanes) is 15. The highest BCUT2D eigenvalue weighted by Gasteiger charge is 2.25. The molecule has 0 N–H and O–H groups in total. The molecule has 0 aromatic rings. The number of hydrogen-bond acceptors (Lipinski definition) is 7. The largest absolute Gasteiger partial charge is 0.508 e. The summed E-state index contributed by atoms with van der Waals surface area (Å²) in [6.07, 6.45) is 20.1. The van der Waals surface area contributed by atoms with Crippen molar-refractivity contribution in [3.05, 3.63) is 0 Å². The molecule has 0 bridgehead atoms. The van der Waals surface area contributed by atoms with E-state index in [9.17, 15) is 9.36 Å². The van der Waals surface area contributed by atoms with Crippen molar-refractivity contribution < 1.29 is 32.6 Å². The molecule has 2 atom stereocenters. The second-order valence-electron chi connectivity index (χ2n) is 9.17. The summed E-state index contributed by atoms with van der Waals surface area (Å²) in [5.74, 6) is 0. The minimum Gasteiger partial charge on any atom is -0.438 e. The Balaban J connectivity index is 3.70. The van der Waals surface area contributed by atoms with E-state index >= 15 is 0 Å². The maximum Gasteiger partial charge on any atom is 0.508 e. The fraction of sp³-hybridized carbons (Fsp3) is 0.962. The number of ether oxygens (including phenoxy) is 3. The Morgan fingerprint density at radius 2 is 1.25 bits per heavy atom. The zero-order valence-electron chi connectivity index (χ0n) is 22.7. The highest BCUT2D eigenvalue weighted by Crippen LogP contribution is 2.53. The molecule has 0 aliphatic heterocycles. The normalized spacial score (nSPS) is 13.9. The number of carbonyl (C=O) groups is 1. The van der Waals surface area contributed by atoms with Crippen molar-refractivity contribution >= 4 is 40.3 Å². The summed E-state index contributed by atoms with van der Waals surface area (Å²) in [5.41, 5.74) is 0. The molecule has 0 fully saturated rings. The molecule has 0 spiro atoms. The van der Waals surface area contributed by atoms with Gasteiger partial charge in [-0.1, -0.05) is 119 Å². The number of methoxy groups -OCH3 is 1. The van der Waals surface area contributed by atoms with Crippen LogP contribution >= 0.6 is 34.1 Å². The van der Waals surface area contributed by atoms with E-state index < -0.39 is 19.2 Å². The summed E-state index contributed by atoms with van der Waals surface area (Å²) in [4.78, 5) is 11.5. The second kappa shape index (κ2) is 26.7. The fourth-order valence-corrected chi connectivity index (χ4v) is 5.08. The first-order valence-electron chi connectivity index (χ1n) is 13.9. The minimum atomic E-state index is -3.74. The lowest BCUT2D eigenvalue weighted by Gasteiger charge is -2.19. The second-order valence-corrected chi connectivity index (χ2v) is 12.6. The van der Waals surface area contributed by atoms with Crippen LogP contribution < -0.4 is 0 Å². The molecule has 10 heteroatoms. The summed E-state index contributed by atoms with van der Waals surface area (Å²) >= 11 is 9.04. The van der Waals surface area contributed by atoms with Gasteiger partial charge in [-0.2, -0.15) is 0 Å². The minimum absolute atomic E-state index is 0.103. The van der Waals surface area contributed by atoms with Crippen molar-refractivity contribution in [3.63, 3.8) is 0 Å². The van der Waals surface area contributed by atoms with Gasteiger partial charge >= 0.3 is 13.1 Å². The topological polar surface area (TPSA) is 80.3 Å².